The van der Waals surface area contributed by atoms with Crippen LogP contribution < -0.4 is 0 Å². The summed E-state index contributed by atoms with van der Waals surface area (Å²) >= 11 is 0. The number of carbonyl (C=O) groups is 1. The Labute approximate surface area is 105 Å². The van der Waals surface area contributed by atoms with Crippen molar-refractivity contribution in [1.82, 2.24) is 4.90 Å². The van der Waals surface area contributed by atoms with Gasteiger partial charge in [-0.1, -0.05) is 27.2 Å². The Hall–Kier alpha value is -0.570. The van der Waals surface area contributed by atoms with E-state index in [1.807, 2.05) is 0 Å². The molecule has 17 heavy (non-hydrogen) atoms. The van der Waals surface area contributed by atoms with Crippen molar-refractivity contribution in [3.63, 3.8) is 0 Å². The Morgan fingerprint density at radius 2 is 2.12 bits per heavy atom. The molecule has 1 heterocycles. The Balaban J connectivity index is 2.56. The van der Waals surface area contributed by atoms with Gasteiger partial charge in [0.05, 0.1) is 6.42 Å². The maximum absolute atomic E-state index is 10.9. The molecule has 0 aliphatic carbocycles. The summed E-state index contributed by atoms with van der Waals surface area (Å²) in [5.41, 5.74) is 0. The van der Waals surface area contributed by atoms with Crippen molar-refractivity contribution < 1.29 is 9.90 Å². The topological polar surface area (TPSA) is 40.5 Å². The van der Waals surface area contributed by atoms with E-state index < -0.39 is 5.97 Å². The lowest BCUT2D eigenvalue weighted by molar-refractivity contribution is -0.138. The van der Waals surface area contributed by atoms with Crippen LogP contribution in [-0.2, 0) is 4.79 Å². The third-order valence-corrected chi connectivity index (χ3v) is 4.14. The van der Waals surface area contributed by atoms with Gasteiger partial charge in [0.25, 0.3) is 0 Å². The summed E-state index contributed by atoms with van der Waals surface area (Å²) in [6, 6.07) is 0.860. The number of likely N-dealkylation sites (tertiary alicyclic amines) is 1. The van der Waals surface area contributed by atoms with E-state index in [0.717, 1.165) is 31.7 Å². The van der Waals surface area contributed by atoms with Gasteiger partial charge in [0, 0.05) is 12.1 Å². The molecule has 0 radical (unpaired) electrons. The molecular formula is C14H27NO2. The Morgan fingerprint density at radius 1 is 1.41 bits per heavy atom. The van der Waals surface area contributed by atoms with Crippen LogP contribution >= 0.6 is 0 Å². The van der Waals surface area contributed by atoms with Crippen molar-refractivity contribution in [2.45, 2.75) is 71.4 Å². The first-order valence-corrected chi connectivity index (χ1v) is 7.05. The van der Waals surface area contributed by atoms with Crippen molar-refractivity contribution in [3.05, 3.63) is 0 Å². The predicted molar refractivity (Wildman–Crippen MR) is 70.1 cm³/mol. The van der Waals surface area contributed by atoms with Gasteiger partial charge in [-0.2, -0.15) is 0 Å². The third kappa shape index (κ3) is 4.30. The zero-order chi connectivity index (χ0) is 12.8. The number of aliphatic carboxylic acids is 1. The van der Waals surface area contributed by atoms with E-state index in [0.29, 0.717) is 12.5 Å². The van der Waals surface area contributed by atoms with Gasteiger partial charge >= 0.3 is 5.97 Å². The molecule has 0 spiro atoms. The molecule has 3 nitrogen and oxygen atoms in total. The number of carboxylic acids is 1. The normalized spacial score (nSPS) is 24.8. The Kier molecular flexibility index (Phi) is 5.96. The lowest BCUT2D eigenvalue weighted by Gasteiger charge is -2.33. The van der Waals surface area contributed by atoms with Gasteiger partial charge in [-0.25, -0.2) is 0 Å². The fraction of sp³-hybridized carbons (Fsp3) is 0.929. The van der Waals surface area contributed by atoms with Gasteiger partial charge in [-0.15, -0.1) is 0 Å². The molecule has 3 atom stereocenters. The quantitative estimate of drug-likeness (QED) is 0.744. The van der Waals surface area contributed by atoms with Crippen LogP contribution in [0.2, 0.25) is 0 Å². The summed E-state index contributed by atoms with van der Waals surface area (Å²) in [5.74, 6) is 0.0892. The molecule has 1 aliphatic heterocycles. The summed E-state index contributed by atoms with van der Waals surface area (Å²) in [6.45, 7) is 7.84. The van der Waals surface area contributed by atoms with Crippen LogP contribution in [0.3, 0.4) is 0 Å². The van der Waals surface area contributed by atoms with Crippen molar-refractivity contribution in [2.75, 3.05) is 6.54 Å². The van der Waals surface area contributed by atoms with Crippen LogP contribution in [0.25, 0.3) is 0 Å². The number of rotatable bonds is 7. The molecule has 1 fully saturated rings. The highest BCUT2D eigenvalue weighted by atomic mass is 16.4. The third-order valence-electron chi connectivity index (χ3n) is 4.14. The standard InChI is InChI=1S/C14H27NO2/c1-4-11(3)9-12(5-2)15-8-6-7-13(15)10-14(16)17/h11-13H,4-10H2,1-3H3,(H,16,17). The fourth-order valence-electron chi connectivity index (χ4n) is 2.93. The molecular weight excluding hydrogens is 214 g/mol. The summed E-state index contributed by atoms with van der Waals surface area (Å²) in [5, 5.41) is 8.95. The lowest BCUT2D eigenvalue weighted by Crippen LogP contribution is -2.40. The summed E-state index contributed by atoms with van der Waals surface area (Å²) in [7, 11) is 0. The SMILES string of the molecule is CCC(C)CC(CC)N1CCCC1CC(=O)O. The van der Waals surface area contributed by atoms with Crippen LogP contribution in [0.4, 0.5) is 0 Å². The molecule has 0 bridgehead atoms. The largest absolute Gasteiger partial charge is 0.481 e. The minimum atomic E-state index is -0.653. The second-order valence-electron chi connectivity index (χ2n) is 5.44. The highest BCUT2D eigenvalue weighted by Gasteiger charge is 2.31. The van der Waals surface area contributed by atoms with E-state index in [4.69, 9.17) is 5.11 Å². The van der Waals surface area contributed by atoms with E-state index in [-0.39, 0.29) is 6.04 Å². The molecule has 0 aromatic heterocycles. The van der Waals surface area contributed by atoms with Crippen LogP contribution in [0.15, 0.2) is 0 Å². The molecule has 1 rings (SSSR count). The molecule has 3 heteroatoms. The number of carboxylic acid groups (broad SMARTS) is 1. The molecule has 1 aliphatic rings. The van der Waals surface area contributed by atoms with Crippen LogP contribution in [0, 0.1) is 5.92 Å². The second-order valence-corrected chi connectivity index (χ2v) is 5.44. The molecule has 100 valence electrons. The molecule has 1 N–H and O–H groups in total. The molecule has 1 saturated heterocycles. The first-order valence-electron chi connectivity index (χ1n) is 7.05. The average Bonchev–Trinajstić information content (AvgIpc) is 2.72. The number of nitrogens with zero attached hydrogens (tertiary/aromatic N) is 1. The fourth-order valence-corrected chi connectivity index (χ4v) is 2.93. The van der Waals surface area contributed by atoms with E-state index in [1.54, 1.807) is 0 Å². The minimum absolute atomic E-state index is 0.279. The zero-order valence-corrected chi connectivity index (χ0v) is 11.5. The maximum Gasteiger partial charge on any atom is 0.304 e. The lowest BCUT2D eigenvalue weighted by atomic mass is 9.96. The van der Waals surface area contributed by atoms with E-state index in [9.17, 15) is 4.79 Å². The highest BCUT2D eigenvalue weighted by Crippen LogP contribution is 2.27. The smallest absolute Gasteiger partial charge is 0.304 e. The molecule has 0 aromatic carbocycles. The van der Waals surface area contributed by atoms with Gasteiger partial charge < -0.3 is 5.11 Å². The van der Waals surface area contributed by atoms with E-state index in [1.165, 1.54) is 12.8 Å². The minimum Gasteiger partial charge on any atom is -0.481 e. The van der Waals surface area contributed by atoms with Crippen LogP contribution in [-0.4, -0.2) is 34.6 Å². The van der Waals surface area contributed by atoms with E-state index >= 15 is 0 Å². The van der Waals surface area contributed by atoms with Gasteiger partial charge in [0.2, 0.25) is 0 Å². The Morgan fingerprint density at radius 3 is 2.65 bits per heavy atom. The van der Waals surface area contributed by atoms with Gasteiger partial charge in [-0.05, 0) is 38.1 Å². The summed E-state index contributed by atoms with van der Waals surface area (Å²) in [4.78, 5) is 13.3. The van der Waals surface area contributed by atoms with Gasteiger partial charge in [-0.3, -0.25) is 9.69 Å². The molecule has 0 aromatic rings. The Bertz CT molecular complexity index is 242. The van der Waals surface area contributed by atoms with Gasteiger partial charge in [0.1, 0.15) is 0 Å². The first-order chi connectivity index (χ1) is 8.08. The summed E-state index contributed by atoms with van der Waals surface area (Å²) in [6.07, 6.45) is 6.10. The second kappa shape index (κ2) is 7.00. The van der Waals surface area contributed by atoms with E-state index in [2.05, 4.69) is 25.7 Å². The number of hydrogen-bond acceptors (Lipinski definition) is 2. The maximum atomic E-state index is 10.9. The van der Waals surface area contributed by atoms with Crippen molar-refractivity contribution >= 4 is 5.97 Å². The van der Waals surface area contributed by atoms with Crippen molar-refractivity contribution in [3.8, 4) is 0 Å². The average molecular weight is 241 g/mol. The highest BCUT2D eigenvalue weighted by molar-refractivity contribution is 5.67. The van der Waals surface area contributed by atoms with Crippen LogP contribution in [0.1, 0.15) is 59.3 Å². The molecule has 0 amide bonds. The number of hydrogen-bond donors (Lipinski definition) is 1. The zero-order valence-electron chi connectivity index (χ0n) is 11.5. The molecule has 0 saturated carbocycles. The first kappa shape index (κ1) is 14.5. The van der Waals surface area contributed by atoms with Crippen molar-refractivity contribution in [2.24, 2.45) is 5.92 Å². The monoisotopic (exact) mass is 241 g/mol. The summed E-state index contributed by atoms with van der Waals surface area (Å²) < 4.78 is 0. The predicted octanol–water partition coefficient (Wildman–Crippen LogP) is 3.14. The van der Waals surface area contributed by atoms with Gasteiger partial charge in [0.15, 0.2) is 0 Å². The van der Waals surface area contributed by atoms with Crippen molar-refractivity contribution in [1.29, 1.82) is 0 Å². The van der Waals surface area contributed by atoms with Crippen LogP contribution in [0.5, 0.6) is 0 Å². The molecule has 3 unspecified atom stereocenters.